The first-order valence-electron chi connectivity index (χ1n) is 10.0. The number of hydrogen-bond acceptors (Lipinski definition) is 3. The summed E-state index contributed by atoms with van der Waals surface area (Å²) in [7, 11) is 0. The monoisotopic (exact) mass is 413 g/mol. The molecular weight excluding hydrogens is 386 g/mol. The van der Waals surface area contributed by atoms with Gasteiger partial charge < -0.3 is 16.4 Å². The van der Waals surface area contributed by atoms with Crippen molar-refractivity contribution in [2.45, 2.75) is 38.8 Å². The van der Waals surface area contributed by atoms with Gasteiger partial charge in [-0.3, -0.25) is 9.59 Å². The number of benzene rings is 2. The number of amides is 2. The van der Waals surface area contributed by atoms with E-state index in [-0.39, 0.29) is 36.2 Å². The standard InChI is InChI=1S/C23H27N3O2.ClH/c1-14-5-7-16(8-6-14)22(27)26-19-4-2-3-15(11-19)13-25-23(28)20-17-9-10-18(12-17)21(20)24;/h2-8,11,17-18,20-21H,9-10,12-13,24H2,1H3,(H,25,28)(H,26,27);1H. The normalized spacial score (nSPS) is 24.6. The van der Waals surface area contributed by atoms with Crippen LogP contribution in [-0.2, 0) is 11.3 Å². The van der Waals surface area contributed by atoms with Gasteiger partial charge in [-0.05, 0) is 67.9 Å². The molecule has 0 aliphatic heterocycles. The summed E-state index contributed by atoms with van der Waals surface area (Å²) in [5, 5.41) is 5.96. The summed E-state index contributed by atoms with van der Waals surface area (Å²) < 4.78 is 0. The highest BCUT2D eigenvalue weighted by molar-refractivity contribution is 6.04. The second-order valence-electron chi connectivity index (χ2n) is 8.17. The zero-order chi connectivity index (χ0) is 19.7. The molecule has 2 aromatic rings. The highest BCUT2D eigenvalue weighted by Gasteiger charge is 2.48. The Morgan fingerprint density at radius 2 is 1.79 bits per heavy atom. The van der Waals surface area contributed by atoms with Gasteiger partial charge in [-0.25, -0.2) is 0 Å². The van der Waals surface area contributed by atoms with E-state index < -0.39 is 0 Å². The van der Waals surface area contributed by atoms with Gasteiger partial charge in [0.2, 0.25) is 5.91 Å². The molecule has 4 N–H and O–H groups in total. The lowest BCUT2D eigenvalue weighted by Gasteiger charge is -2.27. The molecule has 2 bridgehead atoms. The zero-order valence-corrected chi connectivity index (χ0v) is 17.4. The number of fused-ring (bicyclic) bond motifs is 2. The SMILES string of the molecule is Cc1ccc(C(=O)Nc2cccc(CNC(=O)C3C4CCC(C4)C3N)c2)cc1.Cl. The molecule has 6 heteroatoms. The fraction of sp³-hybridized carbons (Fsp3) is 0.391. The fourth-order valence-corrected chi connectivity index (χ4v) is 4.70. The largest absolute Gasteiger partial charge is 0.352 e. The summed E-state index contributed by atoms with van der Waals surface area (Å²) in [6.45, 7) is 2.43. The Morgan fingerprint density at radius 1 is 1.07 bits per heavy atom. The van der Waals surface area contributed by atoms with Crippen LogP contribution in [0.25, 0.3) is 0 Å². The van der Waals surface area contributed by atoms with Crippen LogP contribution in [0, 0.1) is 24.7 Å². The Morgan fingerprint density at radius 3 is 2.48 bits per heavy atom. The van der Waals surface area contributed by atoms with Crippen LogP contribution in [0.4, 0.5) is 5.69 Å². The van der Waals surface area contributed by atoms with Crippen molar-refractivity contribution >= 4 is 29.9 Å². The lowest BCUT2D eigenvalue weighted by molar-refractivity contribution is -0.127. The van der Waals surface area contributed by atoms with Gasteiger partial charge >= 0.3 is 0 Å². The average Bonchev–Trinajstić information content (AvgIpc) is 3.28. The molecule has 4 rings (SSSR count). The summed E-state index contributed by atoms with van der Waals surface area (Å²) in [5.41, 5.74) is 9.67. The average molecular weight is 414 g/mol. The maximum Gasteiger partial charge on any atom is 0.255 e. The van der Waals surface area contributed by atoms with Crippen LogP contribution in [0.1, 0.15) is 40.7 Å². The maximum atomic E-state index is 12.6. The third-order valence-electron chi connectivity index (χ3n) is 6.25. The first-order chi connectivity index (χ1) is 13.5. The van der Waals surface area contributed by atoms with E-state index in [1.165, 1.54) is 6.42 Å². The van der Waals surface area contributed by atoms with Crippen LogP contribution in [0.5, 0.6) is 0 Å². The van der Waals surface area contributed by atoms with Crippen molar-refractivity contribution < 1.29 is 9.59 Å². The Bertz CT molecular complexity index is 882. The first kappa shape index (κ1) is 21.3. The first-order valence-corrected chi connectivity index (χ1v) is 10.0. The van der Waals surface area contributed by atoms with Gasteiger partial charge in [-0.2, -0.15) is 0 Å². The molecule has 0 radical (unpaired) electrons. The van der Waals surface area contributed by atoms with Gasteiger partial charge in [-0.15, -0.1) is 12.4 Å². The van der Waals surface area contributed by atoms with Crippen LogP contribution in [0.15, 0.2) is 48.5 Å². The number of halogens is 1. The van der Waals surface area contributed by atoms with Gasteiger partial charge in [0.1, 0.15) is 0 Å². The van der Waals surface area contributed by atoms with Crippen molar-refractivity contribution in [3.05, 3.63) is 65.2 Å². The molecule has 29 heavy (non-hydrogen) atoms. The van der Waals surface area contributed by atoms with Crippen molar-refractivity contribution in [1.29, 1.82) is 0 Å². The molecular formula is C23H28ClN3O2. The molecule has 0 heterocycles. The minimum atomic E-state index is -0.144. The highest BCUT2D eigenvalue weighted by Crippen LogP contribution is 2.47. The van der Waals surface area contributed by atoms with Gasteiger partial charge in [0.25, 0.3) is 5.91 Å². The molecule has 5 nitrogen and oxygen atoms in total. The van der Waals surface area contributed by atoms with Crippen LogP contribution in [0.3, 0.4) is 0 Å². The van der Waals surface area contributed by atoms with Gasteiger partial charge in [0.15, 0.2) is 0 Å². The number of carbonyl (C=O) groups excluding carboxylic acids is 2. The van der Waals surface area contributed by atoms with E-state index in [0.29, 0.717) is 29.6 Å². The predicted molar refractivity (Wildman–Crippen MR) is 117 cm³/mol. The molecule has 154 valence electrons. The molecule has 2 saturated carbocycles. The molecule has 4 unspecified atom stereocenters. The summed E-state index contributed by atoms with van der Waals surface area (Å²) in [6, 6.07) is 15.0. The molecule has 0 aromatic heterocycles. The number of anilines is 1. The number of carbonyl (C=O) groups is 2. The minimum Gasteiger partial charge on any atom is -0.352 e. The minimum absolute atomic E-state index is 0. The number of nitrogens with one attached hydrogen (secondary N) is 2. The second kappa shape index (κ2) is 8.97. The molecule has 2 aliphatic rings. The van der Waals surface area contributed by atoms with Crippen LogP contribution in [0.2, 0.25) is 0 Å². The van der Waals surface area contributed by atoms with Crippen molar-refractivity contribution in [3.63, 3.8) is 0 Å². The molecule has 2 fully saturated rings. The summed E-state index contributed by atoms with van der Waals surface area (Å²) in [6.07, 6.45) is 3.38. The van der Waals surface area contributed by atoms with E-state index in [4.69, 9.17) is 5.73 Å². The lowest BCUT2D eigenvalue weighted by Crippen LogP contribution is -2.45. The Balaban J connectivity index is 0.00000240. The van der Waals surface area contributed by atoms with Crippen LogP contribution >= 0.6 is 12.4 Å². The Labute approximate surface area is 177 Å². The van der Waals surface area contributed by atoms with E-state index in [9.17, 15) is 9.59 Å². The van der Waals surface area contributed by atoms with Gasteiger partial charge in [0.05, 0.1) is 5.92 Å². The Kier molecular flexibility index (Phi) is 6.60. The number of hydrogen-bond donors (Lipinski definition) is 3. The van der Waals surface area contributed by atoms with E-state index in [1.807, 2.05) is 55.5 Å². The molecule has 2 amide bonds. The number of aryl methyl sites for hydroxylation is 1. The van der Waals surface area contributed by atoms with Gasteiger partial charge in [0, 0.05) is 23.8 Å². The summed E-state index contributed by atoms with van der Waals surface area (Å²) in [5.74, 6) is 0.826. The molecule has 2 aliphatic carbocycles. The summed E-state index contributed by atoms with van der Waals surface area (Å²) >= 11 is 0. The van der Waals surface area contributed by atoms with Crippen molar-refractivity contribution in [3.8, 4) is 0 Å². The quantitative estimate of drug-likeness (QED) is 0.699. The third-order valence-corrected chi connectivity index (χ3v) is 6.25. The van der Waals surface area contributed by atoms with Gasteiger partial charge in [-0.1, -0.05) is 29.8 Å². The number of nitrogens with two attached hydrogens (primary N) is 1. The van der Waals surface area contributed by atoms with E-state index in [1.54, 1.807) is 0 Å². The van der Waals surface area contributed by atoms with Crippen LogP contribution in [-0.4, -0.2) is 17.9 Å². The molecule has 2 aromatic carbocycles. The van der Waals surface area contributed by atoms with E-state index in [0.717, 1.165) is 24.0 Å². The van der Waals surface area contributed by atoms with Crippen molar-refractivity contribution in [2.75, 3.05) is 5.32 Å². The van der Waals surface area contributed by atoms with E-state index >= 15 is 0 Å². The third kappa shape index (κ3) is 4.62. The molecule has 4 atom stereocenters. The second-order valence-corrected chi connectivity index (χ2v) is 8.17. The fourth-order valence-electron chi connectivity index (χ4n) is 4.70. The van der Waals surface area contributed by atoms with Crippen molar-refractivity contribution in [1.82, 2.24) is 5.32 Å². The predicted octanol–water partition coefficient (Wildman–Crippen LogP) is 3.66. The molecule has 0 saturated heterocycles. The van der Waals surface area contributed by atoms with E-state index in [2.05, 4.69) is 10.6 Å². The summed E-state index contributed by atoms with van der Waals surface area (Å²) in [4.78, 5) is 25.0. The molecule has 0 spiro atoms. The van der Waals surface area contributed by atoms with Crippen molar-refractivity contribution in [2.24, 2.45) is 23.5 Å². The highest BCUT2D eigenvalue weighted by atomic mass is 35.5. The topological polar surface area (TPSA) is 84.2 Å². The maximum absolute atomic E-state index is 12.6. The number of rotatable bonds is 5. The van der Waals surface area contributed by atoms with Crippen LogP contribution < -0.4 is 16.4 Å². The smallest absolute Gasteiger partial charge is 0.255 e. The lowest BCUT2D eigenvalue weighted by atomic mass is 9.84. The zero-order valence-electron chi connectivity index (χ0n) is 16.6. The Hall–Kier alpha value is -2.37.